The summed E-state index contributed by atoms with van der Waals surface area (Å²) in [6, 6.07) is 10.3. The second-order valence-corrected chi connectivity index (χ2v) is 6.91. The van der Waals surface area contributed by atoms with E-state index in [1.54, 1.807) is 10.9 Å². The number of carbonyl (C=O) groups is 1. The molecule has 144 valence electrons. The van der Waals surface area contributed by atoms with E-state index in [4.69, 9.17) is 0 Å². The van der Waals surface area contributed by atoms with Crippen molar-refractivity contribution in [2.24, 2.45) is 0 Å². The Morgan fingerprint density at radius 2 is 2.04 bits per heavy atom. The van der Waals surface area contributed by atoms with Crippen LogP contribution in [-0.2, 0) is 6.54 Å². The number of aromatic nitrogens is 3. The van der Waals surface area contributed by atoms with Gasteiger partial charge in [0.25, 0.3) is 5.91 Å². The molecular formula is C21H24N6O. The van der Waals surface area contributed by atoms with Gasteiger partial charge in [-0.05, 0) is 30.2 Å². The molecule has 2 aromatic heterocycles. The Labute approximate surface area is 164 Å². The van der Waals surface area contributed by atoms with Gasteiger partial charge < -0.3 is 5.32 Å². The predicted molar refractivity (Wildman–Crippen MR) is 108 cm³/mol. The molecule has 0 spiro atoms. The fourth-order valence-electron chi connectivity index (χ4n) is 3.52. The van der Waals surface area contributed by atoms with Gasteiger partial charge in [0.1, 0.15) is 5.69 Å². The van der Waals surface area contributed by atoms with Crippen molar-refractivity contribution in [2.45, 2.75) is 13.5 Å². The molecule has 0 saturated carbocycles. The first-order chi connectivity index (χ1) is 13.7. The highest BCUT2D eigenvalue weighted by Gasteiger charge is 2.15. The van der Waals surface area contributed by atoms with Crippen molar-refractivity contribution in [1.82, 2.24) is 24.9 Å². The summed E-state index contributed by atoms with van der Waals surface area (Å²) in [5.74, 6) is -0.292. The molecule has 0 bridgehead atoms. The summed E-state index contributed by atoms with van der Waals surface area (Å²) in [7, 11) is 0. The van der Waals surface area contributed by atoms with E-state index in [1.165, 1.54) is 23.5 Å². The topological polar surface area (TPSA) is 75.1 Å². The summed E-state index contributed by atoms with van der Waals surface area (Å²) in [6.45, 7) is 7.29. The number of hydrogen-bond acceptors (Lipinski definition) is 5. The molecule has 3 aromatic rings. The Morgan fingerprint density at radius 3 is 2.82 bits per heavy atom. The van der Waals surface area contributed by atoms with Crippen molar-refractivity contribution in [2.75, 3.05) is 31.6 Å². The summed E-state index contributed by atoms with van der Waals surface area (Å²) in [5.41, 5.74) is 7.77. The SMILES string of the molecule is Cc1c(CN2CCNCC2)cccc1-c1cccn1NC(=O)c1cnccn1. The van der Waals surface area contributed by atoms with Gasteiger partial charge in [-0.15, -0.1) is 0 Å². The highest BCUT2D eigenvalue weighted by molar-refractivity contribution is 5.98. The first kappa shape index (κ1) is 18.3. The van der Waals surface area contributed by atoms with Gasteiger partial charge in [0.05, 0.1) is 11.9 Å². The summed E-state index contributed by atoms with van der Waals surface area (Å²) < 4.78 is 1.74. The Balaban J connectivity index is 1.57. The molecule has 1 saturated heterocycles. The first-order valence-electron chi connectivity index (χ1n) is 9.49. The number of amides is 1. The summed E-state index contributed by atoms with van der Waals surface area (Å²) >= 11 is 0. The van der Waals surface area contributed by atoms with E-state index >= 15 is 0 Å². The van der Waals surface area contributed by atoms with Crippen LogP contribution in [0.25, 0.3) is 11.3 Å². The number of benzene rings is 1. The zero-order valence-corrected chi connectivity index (χ0v) is 15.9. The molecule has 7 heteroatoms. The van der Waals surface area contributed by atoms with Gasteiger partial charge in [0, 0.05) is 56.9 Å². The molecule has 1 aromatic carbocycles. The molecule has 1 aliphatic heterocycles. The second kappa shape index (κ2) is 8.33. The number of hydrogen-bond donors (Lipinski definition) is 2. The van der Waals surface area contributed by atoms with Crippen LogP contribution in [0.5, 0.6) is 0 Å². The fourth-order valence-corrected chi connectivity index (χ4v) is 3.52. The quantitative estimate of drug-likeness (QED) is 0.713. The number of rotatable bonds is 5. The Bertz CT molecular complexity index is 947. The van der Waals surface area contributed by atoms with E-state index in [9.17, 15) is 4.79 Å². The molecule has 28 heavy (non-hydrogen) atoms. The summed E-state index contributed by atoms with van der Waals surface area (Å²) in [5, 5.41) is 3.39. The lowest BCUT2D eigenvalue weighted by molar-refractivity contribution is 0.100. The van der Waals surface area contributed by atoms with Gasteiger partial charge in [0.2, 0.25) is 0 Å². The molecule has 2 N–H and O–H groups in total. The lowest BCUT2D eigenvalue weighted by Crippen LogP contribution is -2.43. The van der Waals surface area contributed by atoms with Gasteiger partial charge in [-0.3, -0.25) is 24.8 Å². The zero-order valence-electron chi connectivity index (χ0n) is 15.9. The Hall–Kier alpha value is -3.03. The number of nitrogens with one attached hydrogen (secondary N) is 2. The highest BCUT2D eigenvalue weighted by Crippen LogP contribution is 2.26. The molecule has 3 heterocycles. The van der Waals surface area contributed by atoms with Gasteiger partial charge in [-0.2, -0.15) is 0 Å². The average molecular weight is 376 g/mol. The van der Waals surface area contributed by atoms with Crippen molar-refractivity contribution >= 4 is 5.91 Å². The van der Waals surface area contributed by atoms with E-state index in [0.717, 1.165) is 44.0 Å². The fraction of sp³-hybridized carbons (Fsp3) is 0.286. The Kier molecular flexibility index (Phi) is 5.45. The van der Waals surface area contributed by atoms with Crippen LogP contribution in [-0.4, -0.2) is 51.6 Å². The third-order valence-electron chi connectivity index (χ3n) is 5.09. The van der Waals surface area contributed by atoms with E-state index < -0.39 is 0 Å². The lowest BCUT2D eigenvalue weighted by Gasteiger charge is -2.28. The third kappa shape index (κ3) is 3.95. The van der Waals surface area contributed by atoms with Crippen LogP contribution < -0.4 is 10.7 Å². The minimum Gasteiger partial charge on any atom is -0.314 e. The average Bonchev–Trinajstić information content (AvgIpc) is 3.19. The van der Waals surface area contributed by atoms with Crippen LogP contribution in [0.3, 0.4) is 0 Å². The third-order valence-corrected chi connectivity index (χ3v) is 5.09. The predicted octanol–water partition coefficient (Wildman–Crippen LogP) is 2.04. The number of nitrogens with zero attached hydrogens (tertiary/aromatic N) is 4. The van der Waals surface area contributed by atoms with Crippen LogP contribution in [0, 0.1) is 6.92 Å². The maximum absolute atomic E-state index is 12.5. The van der Waals surface area contributed by atoms with Crippen LogP contribution in [0.4, 0.5) is 0 Å². The second-order valence-electron chi connectivity index (χ2n) is 6.91. The van der Waals surface area contributed by atoms with Crippen LogP contribution in [0.2, 0.25) is 0 Å². The molecule has 0 radical (unpaired) electrons. The smallest absolute Gasteiger partial charge is 0.290 e. The van der Waals surface area contributed by atoms with E-state index in [0.29, 0.717) is 0 Å². The van der Waals surface area contributed by atoms with Crippen LogP contribution in [0.1, 0.15) is 21.6 Å². The molecular weight excluding hydrogens is 352 g/mol. The van der Waals surface area contributed by atoms with Crippen LogP contribution >= 0.6 is 0 Å². The lowest BCUT2D eigenvalue weighted by atomic mass is 9.99. The molecule has 1 amide bonds. The minimum absolute atomic E-state index is 0.284. The maximum Gasteiger partial charge on any atom is 0.290 e. The first-order valence-corrected chi connectivity index (χ1v) is 9.49. The van der Waals surface area contributed by atoms with Crippen LogP contribution in [0.15, 0.2) is 55.1 Å². The standard InChI is InChI=1S/C21H24N6O/c1-16-17(15-26-12-9-22-10-13-26)4-2-5-18(16)20-6-3-11-27(20)25-21(28)19-14-23-7-8-24-19/h2-8,11,14,22H,9-10,12-13,15H2,1H3,(H,25,28). The molecule has 4 rings (SSSR count). The van der Waals surface area contributed by atoms with Crippen molar-refractivity contribution < 1.29 is 4.79 Å². The van der Waals surface area contributed by atoms with Crippen molar-refractivity contribution in [3.63, 3.8) is 0 Å². The normalized spacial score (nSPS) is 14.8. The highest BCUT2D eigenvalue weighted by atomic mass is 16.2. The van der Waals surface area contributed by atoms with Gasteiger partial charge in [-0.25, -0.2) is 4.98 Å². The molecule has 1 aliphatic rings. The molecule has 0 atom stereocenters. The molecule has 0 unspecified atom stereocenters. The van der Waals surface area contributed by atoms with Gasteiger partial charge in [0.15, 0.2) is 0 Å². The van der Waals surface area contributed by atoms with Gasteiger partial charge >= 0.3 is 0 Å². The van der Waals surface area contributed by atoms with Crippen molar-refractivity contribution in [3.05, 3.63) is 71.9 Å². The monoisotopic (exact) mass is 376 g/mol. The number of piperazine rings is 1. The maximum atomic E-state index is 12.5. The van der Waals surface area contributed by atoms with E-state index in [2.05, 4.69) is 50.7 Å². The summed E-state index contributed by atoms with van der Waals surface area (Å²) in [6.07, 6.45) is 6.35. The van der Waals surface area contributed by atoms with E-state index in [1.807, 2.05) is 18.3 Å². The molecule has 0 aliphatic carbocycles. The van der Waals surface area contributed by atoms with Crippen molar-refractivity contribution in [1.29, 1.82) is 0 Å². The minimum atomic E-state index is -0.292. The van der Waals surface area contributed by atoms with Gasteiger partial charge in [-0.1, -0.05) is 18.2 Å². The molecule has 1 fully saturated rings. The zero-order chi connectivity index (χ0) is 19.3. The Morgan fingerprint density at radius 1 is 1.18 bits per heavy atom. The largest absolute Gasteiger partial charge is 0.314 e. The summed E-state index contributed by atoms with van der Waals surface area (Å²) in [4.78, 5) is 22.9. The number of carbonyl (C=O) groups excluding carboxylic acids is 1. The molecule has 7 nitrogen and oxygen atoms in total. The van der Waals surface area contributed by atoms with E-state index in [-0.39, 0.29) is 11.6 Å². The van der Waals surface area contributed by atoms with Crippen molar-refractivity contribution in [3.8, 4) is 11.3 Å².